The number of ether oxygens (including phenoxy) is 1. The molecule has 0 amide bonds. The lowest BCUT2D eigenvalue weighted by atomic mass is 9.90. The van der Waals surface area contributed by atoms with E-state index in [0.717, 1.165) is 56.7 Å². The Morgan fingerprint density at radius 3 is 2.95 bits per heavy atom. The number of nitriles is 1. The Hall–Kier alpha value is -1.57. The highest BCUT2D eigenvalue weighted by atomic mass is 16.5. The normalized spacial score (nSPS) is 13.8. The van der Waals surface area contributed by atoms with Crippen molar-refractivity contribution in [3.63, 3.8) is 0 Å². The maximum atomic E-state index is 9.77. The van der Waals surface area contributed by atoms with Gasteiger partial charge in [0.1, 0.15) is 6.07 Å². The van der Waals surface area contributed by atoms with E-state index >= 15 is 0 Å². The Balaban J connectivity index is 2.38. The van der Waals surface area contributed by atoms with Gasteiger partial charge in [0.25, 0.3) is 0 Å². The second-order valence-corrected chi connectivity index (χ2v) is 5.85. The predicted octanol–water partition coefficient (Wildman–Crippen LogP) is 2.42. The van der Waals surface area contributed by atoms with Crippen molar-refractivity contribution in [3.05, 3.63) is 28.3 Å². The maximum absolute atomic E-state index is 9.77. The first-order chi connectivity index (χ1) is 10.7. The van der Waals surface area contributed by atoms with Crippen molar-refractivity contribution in [2.75, 3.05) is 44.8 Å². The fraction of sp³-hybridized carbons (Fsp3) is 0.611. The zero-order chi connectivity index (χ0) is 15.9. The third kappa shape index (κ3) is 3.60. The van der Waals surface area contributed by atoms with Crippen LogP contribution in [0.5, 0.6) is 0 Å². The Labute approximate surface area is 134 Å². The van der Waals surface area contributed by atoms with Crippen LogP contribution in [0.15, 0.2) is 6.07 Å². The molecule has 0 fully saturated rings. The van der Waals surface area contributed by atoms with Gasteiger partial charge in [-0.25, -0.2) is 0 Å². The molecule has 4 heteroatoms. The summed E-state index contributed by atoms with van der Waals surface area (Å²) in [6, 6.07) is 4.78. The molecule has 0 bridgehead atoms. The van der Waals surface area contributed by atoms with Crippen molar-refractivity contribution in [3.8, 4) is 6.07 Å². The van der Waals surface area contributed by atoms with Crippen LogP contribution in [0.3, 0.4) is 0 Å². The molecule has 1 aliphatic rings. The van der Waals surface area contributed by atoms with Gasteiger partial charge in [0.15, 0.2) is 0 Å². The molecule has 120 valence electrons. The summed E-state index contributed by atoms with van der Waals surface area (Å²) in [5, 5.41) is 13.1. The number of hydrogen-bond acceptors (Lipinski definition) is 4. The van der Waals surface area contributed by atoms with Crippen molar-refractivity contribution in [1.29, 1.82) is 5.26 Å². The number of hydrogen-bond donors (Lipinski definition) is 1. The summed E-state index contributed by atoms with van der Waals surface area (Å²) < 4.78 is 5.23. The first-order valence-corrected chi connectivity index (χ1v) is 8.23. The molecule has 1 N–H and O–H groups in total. The van der Waals surface area contributed by atoms with Gasteiger partial charge in [-0.3, -0.25) is 0 Å². The highest BCUT2D eigenvalue weighted by Crippen LogP contribution is 2.34. The van der Waals surface area contributed by atoms with Crippen LogP contribution in [0, 0.1) is 18.3 Å². The molecular weight excluding hydrogens is 274 g/mol. The van der Waals surface area contributed by atoms with Crippen molar-refractivity contribution in [1.82, 2.24) is 5.32 Å². The molecule has 0 spiro atoms. The third-order valence-corrected chi connectivity index (χ3v) is 4.38. The summed E-state index contributed by atoms with van der Waals surface area (Å²) in [6.45, 7) is 8.70. The van der Waals surface area contributed by atoms with Gasteiger partial charge < -0.3 is 15.0 Å². The van der Waals surface area contributed by atoms with Gasteiger partial charge in [-0.2, -0.15) is 5.26 Å². The van der Waals surface area contributed by atoms with Crippen molar-refractivity contribution in [2.45, 2.75) is 33.1 Å². The smallest absolute Gasteiger partial charge is 0.102 e. The number of aryl methyl sites for hydroxylation is 2. The molecule has 0 radical (unpaired) electrons. The van der Waals surface area contributed by atoms with E-state index in [-0.39, 0.29) is 0 Å². The molecule has 4 nitrogen and oxygen atoms in total. The summed E-state index contributed by atoms with van der Waals surface area (Å²) in [5.41, 5.74) is 5.81. The molecule has 2 rings (SSSR count). The number of nitrogens with zero attached hydrogens (tertiary/aromatic N) is 2. The van der Waals surface area contributed by atoms with Crippen molar-refractivity contribution < 1.29 is 4.74 Å². The minimum Gasteiger partial charge on any atom is -0.383 e. The van der Waals surface area contributed by atoms with Gasteiger partial charge in [0, 0.05) is 20.2 Å². The van der Waals surface area contributed by atoms with E-state index in [2.05, 4.69) is 36.2 Å². The molecule has 0 saturated carbocycles. The standard InChI is InChI=1S/C18H27N3O/c1-4-20-8-7-16-14(2)12-15-6-5-9-21(10-11-22-3)18(15)17(16)13-19/h12,20H,4-11H2,1-3H3. The van der Waals surface area contributed by atoms with E-state index in [1.54, 1.807) is 7.11 Å². The van der Waals surface area contributed by atoms with Crippen molar-refractivity contribution in [2.24, 2.45) is 0 Å². The molecular formula is C18H27N3O. The summed E-state index contributed by atoms with van der Waals surface area (Å²) in [7, 11) is 1.73. The Bertz CT molecular complexity index is 548. The fourth-order valence-electron chi connectivity index (χ4n) is 3.30. The molecule has 1 heterocycles. The lowest BCUT2D eigenvalue weighted by Crippen LogP contribution is -2.33. The minimum atomic E-state index is 0.699. The fourth-order valence-corrected chi connectivity index (χ4v) is 3.30. The van der Waals surface area contributed by atoms with Crippen LogP contribution in [0.4, 0.5) is 5.69 Å². The molecule has 22 heavy (non-hydrogen) atoms. The van der Waals surface area contributed by atoms with Crippen LogP contribution < -0.4 is 10.2 Å². The maximum Gasteiger partial charge on any atom is 0.102 e. The van der Waals surface area contributed by atoms with E-state index in [4.69, 9.17) is 4.74 Å². The van der Waals surface area contributed by atoms with Crippen LogP contribution in [0.25, 0.3) is 0 Å². The van der Waals surface area contributed by atoms with Gasteiger partial charge in [-0.1, -0.05) is 13.0 Å². The first kappa shape index (κ1) is 16.8. The van der Waals surface area contributed by atoms with E-state index in [9.17, 15) is 5.26 Å². The third-order valence-electron chi connectivity index (χ3n) is 4.38. The Morgan fingerprint density at radius 2 is 2.27 bits per heavy atom. The summed E-state index contributed by atoms with van der Waals surface area (Å²) in [4.78, 5) is 2.33. The Morgan fingerprint density at radius 1 is 1.45 bits per heavy atom. The topological polar surface area (TPSA) is 48.3 Å². The van der Waals surface area contributed by atoms with E-state index in [1.165, 1.54) is 16.7 Å². The average molecular weight is 301 g/mol. The predicted molar refractivity (Wildman–Crippen MR) is 90.6 cm³/mol. The summed E-state index contributed by atoms with van der Waals surface area (Å²) in [6.07, 6.45) is 3.13. The average Bonchev–Trinajstić information content (AvgIpc) is 2.53. The van der Waals surface area contributed by atoms with Crippen molar-refractivity contribution >= 4 is 5.69 Å². The quantitative estimate of drug-likeness (QED) is 0.786. The largest absolute Gasteiger partial charge is 0.383 e. The molecule has 0 atom stereocenters. The molecule has 0 unspecified atom stereocenters. The van der Waals surface area contributed by atoms with E-state index < -0.39 is 0 Å². The van der Waals surface area contributed by atoms with Gasteiger partial charge in [-0.05, 0) is 56.0 Å². The first-order valence-electron chi connectivity index (χ1n) is 8.23. The SMILES string of the molecule is CCNCCc1c(C)cc2c(c1C#N)N(CCOC)CCC2. The van der Waals surface area contributed by atoms with Crippen LogP contribution in [-0.2, 0) is 17.6 Å². The van der Waals surface area contributed by atoms with Gasteiger partial charge in [0.2, 0.25) is 0 Å². The molecule has 1 aromatic rings. The van der Waals surface area contributed by atoms with Crippen LogP contribution >= 0.6 is 0 Å². The second kappa shape index (κ2) is 8.17. The molecule has 1 aliphatic heterocycles. The van der Waals surface area contributed by atoms with Crippen LogP contribution in [0.2, 0.25) is 0 Å². The number of anilines is 1. The highest BCUT2D eigenvalue weighted by Gasteiger charge is 2.23. The van der Waals surface area contributed by atoms with Crippen LogP contribution in [0.1, 0.15) is 35.6 Å². The number of fused-ring (bicyclic) bond motifs is 1. The van der Waals surface area contributed by atoms with Gasteiger partial charge >= 0.3 is 0 Å². The van der Waals surface area contributed by atoms with Gasteiger partial charge in [-0.15, -0.1) is 0 Å². The zero-order valence-corrected chi connectivity index (χ0v) is 14.0. The van der Waals surface area contributed by atoms with E-state index in [1.807, 2.05) is 0 Å². The molecule has 1 aromatic carbocycles. The number of rotatable bonds is 7. The minimum absolute atomic E-state index is 0.699. The molecule has 0 aliphatic carbocycles. The number of benzene rings is 1. The Kier molecular flexibility index (Phi) is 6.23. The zero-order valence-electron chi connectivity index (χ0n) is 14.0. The summed E-state index contributed by atoms with van der Waals surface area (Å²) >= 11 is 0. The lowest BCUT2D eigenvalue weighted by molar-refractivity contribution is 0.205. The number of nitrogens with one attached hydrogen (secondary N) is 1. The lowest BCUT2D eigenvalue weighted by Gasteiger charge is -2.33. The summed E-state index contributed by atoms with van der Waals surface area (Å²) in [5.74, 6) is 0. The number of likely N-dealkylation sites (N-methyl/N-ethyl adjacent to an activating group) is 1. The number of methoxy groups -OCH3 is 1. The molecule has 0 aromatic heterocycles. The van der Waals surface area contributed by atoms with Gasteiger partial charge in [0.05, 0.1) is 17.9 Å². The molecule has 0 saturated heterocycles. The monoisotopic (exact) mass is 301 g/mol. The highest BCUT2D eigenvalue weighted by molar-refractivity contribution is 5.70. The van der Waals surface area contributed by atoms with Crippen LogP contribution in [-0.4, -0.2) is 39.9 Å². The van der Waals surface area contributed by atoms with E-state index in [0.29, 0.717) is 6.61 Å². The second-order valence-electron chi connectivity index (χ2n) is 5.85.